The molecular weight excluding hydrogens is 331 g/mol. The minimum atomic E-state index is -0.159. The van der Waals surface area contributed by atoms with Crippen LogP contribution in [0.2, 0.25) is 0 Å². The molecule has 1 aliphatic carbocycles. The number of pyridine rings is 1. The summed E-state index contributed by atoms with van der Waals surface area (Å²) in [5.74, 6) is 0.0680. The molecule has 0 bridgehead atoms. The van der Waals surface area contributed by atoms with Crippen molar-refractivity contribution >= 4 is 15.9 Å². The van der Waals surface area contributed by atoms with Crippen LogP contribution in [0, 0.1) is 5.82 Å². The Hall–Kier alpha value is -1.26. The van der Waals surface area contributed by atoms with Crippen LogP contribution in [0.1, 0.15) is 42.1 Å². The van der Waals surface area contributed by atoms with E-state index in [-0.39, 0.29) is 17.8 Å². The molecule has 0 saturated heterocycles. The minimum Gasteiger partial charge on any atom is -0.310 e. The fourth-order valence-corrected chi connectivity index (χ4v) is 3.59. The van der Waals surface area contributed by atoms with Crippen LogP contribution in [0.25, 0.3) is 0 Å². The van der Waals surface area contributed by atoms with E-state index in [0.717, 1.165) is 35.1 Å². The second-order valence-corrected chi connectivity index (χ2v) is 6.31. The lowest BCUT2D eigenvalue weighted by molar-refractivity contribution is 0.429. The Morgan fingerprint density at radius 2 is 2.29 bits per heavy atom. The minimum absolute atomic E-state index is 0.0383. The maximum atomic E-state index is 14.3. The molecule has 2 unspecified atom stereocenters. The Kier molecular flexibility index (Phi) is 4.36. The lowest BCUT2D eigenvalue weighted by Crippen LogP contribution is -2.27. The molecule has 1 N–H and O–H groups in total. The van der Waals surface area contributed by atoms with Crippen LogP contribution in [0.15, 0.2) is 41.0 Å². The molecule has 1 heterocycles. The summed E-state index contributed by atoms with van der Waals surface area (Å²) in [5, 5.41) is 3.45. The molecule has 0 radical (unpaired) electrons. The van der Waals surface area contributed by atoms with Crippen molar-refractivity contribution in [3.05, 3.63) is 63.6 Å². The summed E-state index contributed by atoms with van der Waals surface area (Å²) < 4.78 is 15.2. The van der Waals surface area contributed by atoms with Gasteiger partial charge in [-0.15, -0.1) is 0 Å². The number of likely N-dealkylation sites (N-methyl/N-ethyl adjacent to an activating group) is 1. The summed E-state index contributed by atoms with van der Waals surface area (Å²) in [4.78, 5) is 4.55. The molecule has 1 aromatic heterocycles. The third-order valence-corrected chi connectivity index (χ3v) is 4.61. The molecule has 1 aliphatic rings. The highest BCUT2D eigenvalue weighted by Crippen LogP contribution is 2.41. The Balaban J connectivity index is 2.01. The van der Waals surface area contributed by atoms with Crippen LogP contribution in [0.3, 0.4) is 0 Å². The third kappa shape index (κ3) is 2.87. The number of nitrogens with one attached hydrogen (secondary N) is 1. The van der Waals surface area contributed by atoms with Gasteiger partial charge in [-0.25, -0.2) is 4.39 Å². The molecule has 0 saturated carbocycles. The number of nitrogens with zero attached hydrogens (tertiary/aromatic N) is 1. The van der Waals surface area contributed by atoms with Crippen LogP contribution in [0.4, 0.5) is 4.39 Å². The molecule has 110 valence electrons. The largest absolute Gasteiger partial charge is 0.310 e. The van der Waals surface area contributed by atoms with E-state index in [1.54, 1.807) is 6.07 Å². The van der Waals surface area contributed by atoms with Gasteiger partial charge in [0, 0.05) is 33.9 Å². The van der Waals surface area contributed by atoms with Crippen LogP contribution in [0.5, 0.6) is 0 Å². The van der Waals surface area contributed by atoms with Crippen LogP contribution in [-0.4, -0.2) is 11.5 Å². The highest BCUT2D eigenvalue weighted by Gasteiger charge is 2.32. The highest BCUT2D eigenvalue weighted by molar-refractivity contribution is 9.10. The number of aromatic nitrogens is 1. The fourth-order valence-electron chi connectivity index (χ4n) is 3.21. The maximum absolute atomic E-state index is 14.3. The first-order valence-electron chi connectivity index (χ1n) is 7.32. The lowest BCUT2D eigenvalue weighted by atomic mass is 9.90. The van der Waals surface area contributed by atoms with Gasteiger partial charge in [-0.2, -0.15) is 0 Å². The van der Waals surface area contributed by atoms with Gasteiger partial charge in [0.1, 0.15) is 5.82 Å². The van der Waals surface area contributed by atoms with Crippen molar-refractivity contribution in [3.8, 4) is 0 Å². The van der Waals surface area contributed by atoms with Gasteiger partial charge in [-0.3, -0.25) is 4.98 Å². The number of hydrogen-bond donors (Lipinski definition) is 1. The number of hydrogen-bond acceptors (Lipinski definition) is 2. The summed E-state index contributed by atoms with van der Waals surface area (Å²) >= 11 is 3.45. The second-order valence-electron chi connectivity index (χ2n) is 5.39. The molecule has 1 aromatic carbocycles. The van der Waals surface area contributed by atoms with Crippen molar-refractivity contribution in [2.24, 2.45) is 0 Å². The Bertz CT molecular complexity index is 644. The molecule has 0 spiro atoms. The molecule has 4 heteroatoms. The van der Waals surface area contributed by atoms with Gasteiger partial charge in [0.05, 0.1) is 0 Å². The van der Waals surface area contributed by atoms with Crippen LogP contribution >= 0.6 is 15.9 Å². The van der Waals surface area contributed by atoms with Crippen LogP contribution in [-0.2, 0) is 6.42 Å². The molecular formula is C17H18BrFN2. The Labute approximate surface area is 132 Å². The number of aryl methyl sites for hydroxylation is 1. The maximum Gasteiger partial charge on any atom is 0.128 e. The van der Waals surface area contributed by atoms with E-state index in [1.807, 2.05) is 18.3 Å². The van der Waals surface area contributed by atoms with Crippen molar-refractivity contribution in [2.45, 2.75) is 31.7 Å². The van der Waals surface area contributed by atoms with Crippen molar-refractivity contribution in [3.63, 3.8) is 0 Å². The van der Waals surface area contributed by atoms with Crippen molar-refractivity contribution in [1.29, 1.82) is 0 Å². The first-order chi connectivity index (χ1) is 10.2. The SMILES string of the molecule is CCNC(c1cc(Br)ccc1F)C1CCc2cccnc21. The van der Waals surface area contributed by atoms with E-state index in [1.165, 1.54) is 11.6 Å². The number of fused-ring (bicyclic) bond motifs is 1. The topological polar surface area (TPSA) is 24.9 Å². The predicted molar refractivity (Wildman–Crippen MR) is 85.8 cm³/mol. The molecule has 21 heavy (non-hydrogen) atoms. The zero-order chi connectivity index (χ0) is 14.8. The molecule has 0 fully saturated rings. The van der Waals surface area contributed by atoms with E-state index >= 15 is 0 Å². The van der Waals surface area contributed by atoms with E-state index in [4.69, 9.17) is 0 Å². The van der Waals surface area contributed by atoms with Gasteiger partial charge in [0.25, 0.3) is 0 Å². The Morgan fingerprint density at radius 1 is 1.43 bits per heavy atom. The van der Waals surface area contributed by atoms with E-state index in [9.17, 15) is 4.39 Å². The highest BCUT2D eigenvalue weighted by atomic mass is 79.9. The zero-order valence-electron chi connectivity index (χ0n) is 11.9. The summed E-state index contributed by atoms with van der Waals surface area (Å²) in [6, 6.07) is 9.21. The normalized spacial score (nSPS) is 18.5. The second kappa shape index (κ2) is 6.24. The monoisotopic (exact) mass is 348 g/mol. The number of rotatable bonds is 4. The Morgan fingerprint density at radius 3 is 3.10 bits per heavy atom. The average Bonchev–Trinajstić information content (AvgIpc) is 2.91. The lowest BCUT2D eigenvalue weighted by Gasteiger charge is -2.25. The average molecular weight is 349 g/mol. The van der Waals surface area contributed by atoms with Gasteiger partial charge < -0.3 is 5.32 Å². The molecule has 0 amide bonds. The van der Waals surface area contributed by atoms with E-state index in [2.05, 4.69) is 39.2 Å². The zero-order valence-corrected chi connectivity index (χ0v) is 13.5. The first-order valence-corrected chi connectivity index (χ1v) is 8.12. The van der Waals surface area contributed by atoms with E-state index < -0.39 is 0 Å². The van der Waals surface area contributed by atoms with Gasteiger partial charge in [-0.05, 0) is 49.2 Å². The summed E-state index contributed by atoms with van der Waals surface area (Å²) in [5.41, 5.74) is 3.12. The first kappa shape index (κ1) is 14.7. The molecule has 2 aromatic rings. The van der Waals surface area contributed by atoms with Gasteiger partial charge in [-0.1, -0.05) is 28.9 Å². The fraction of sp³-hybridized carbons (Fsp3) is 0.353. The van der Waals surface area contributed by atoms with Crippen molar-refractivity contribution < 1.29 is 4.39 Å². The quantitative estimate of drug-likeness (QED) is 0.887. The van der Waals surface area contributed by atoms with Crippen molar-refractivity contribution in [2.75, 3.05) is 6.54 Å². The number of benzene rings is 1. The van der Waals surface area contributed by atoms with Gasteiger partial charge in [0.15, 0.2) is 0 Å². The predicted octanol–water partition coefficient (Wildman–Crippen LogP) is 4.36. The smallest absolute Gasteiger partial charge is 0.128 e. The van der Waals surface area contributed by atoms with Gasteiger partial charge in [0.2, 0.25) is 0 Å². The summed E-state index contributed by atoms with van der Waals surface area (Å²) in [6.07, 6.45) is 3.86. The van der Waals surface area contributed by atoms with Crippen molar-refractivity contribution in [1.82, 2.24) is 10.3 Å². The van der Waals surface area contributed by atoms with E-state index in [0.29, 0.717) is 0 Å². The molecule has 3 rings (SSSR count). The number of halogens is 2. The third-order valence-electron chi connectivity index (χ3n) is 4.12. The molecule has 0 aliphatic heterocycles. The van der Waals surface area contributed by atoms with Crippen LogP contribution < -0.4 is 5.32 Å². The summed E-state index contributed by atoms with van der Waals surface area (Å²) in [7, 11) is 0. The molecule has 2 nitrogen and oxygen atoms in total. The van der Waals surface area contributed by atoms with Gasteiger partial charge >= 0.3 is 0 Å². The molecule has 2 atom stereocenters. The standard InChI is InChI=1S/C17H18BrFN2/c1-2-20-17(14-10-12(18)6-8-15(14)19)13-7-5-11-4-3-9-21-16(11)13/h3-4,6,8-10,13,17,20H,2,5,7H2,1H3. The summed E-state index contributed by atoms with van der Waals surface area (Å²) in [6.45, 7) is 2.85.